The van der Waals surface area contributed by atoms with Crippen molar-refractivity contribution < 1.29 is 0 Å². The van der Waals surface area contributed by atoms with Crippen molar-refractivity contribution in [2.75, 3.05) is 0 Å². The van der Waals surface area contributed by atoms with Gasteiger partial charge in [-0.25, -0.2) is 4.79 Å². The van der Waals surface area contributed by atoms with Crippen LogP contribution in [0.1, 0.15) is 25.5 Å². The van der Waals surface area contributed by atoms with Gasteiger partial charge in [0, 0.05) is 34.2 Å². The lowest BCUT2D eigenvalue weighted by molar-refractivity contribution is 0.818. The van der Waals surface area contributed by atoms with Crippen molar-refractivity contribution in [1.29, 1.82) is 0 Å². The molecular weight excluding hydrogens is 226 g/mol. The fourth-order valence-corrected chi connectivity index (χ4v) is 2.26. The number of nitrogens with zero attached hydrogens (tertiary/aromatic N) is 2. The van der Waals surface area contributed by atoms with E-state index in [9.17, 15) is 4.79 Å². The summed E-state index contributed by atoms with van der Waals surface area (Å²) in [5, 5.41) is 2.97. The van der Waals surface area contributed by atoms with E-state index in [4.69, 9.17) is 0 Å². The quantitative estimate of drug-likeness (QED) is 0.664. The number of fused-ring (bicyclic) bond motifs is 3. The highest BCUT2D eigenvalue weighted by molar-refractivity contribution is 6.05. The van der Waals surface area contributed by atoms with Crippen molar-refractivity contribution >= 4 is 21.7 Å². The van der Waals surface area contributed by atoms with Crippen LogP contribution in [0.4, 0.5) is 0 Å². The first-order chi connectivity index (χ1) is 8.66. The zero-order valence-corrected chi connectivity index (χ0v) is 10.3. The third-order valence-corrected chi connectivity index (χ3v) is 3.11. The molecule has 0 fully saturated rings. The summed E-state index contributed by atoms with van der Waals surface area (Å²) < 4.78 is 0. The molecule has 90 valence electrons. The highest BCUT2D eigenvalue weighted by Gasteiger charge is 2.10. The molecule has 0 radical (unpaired) electrons. The number of benzene rings is 1. The first-order valence-corrected chi connectivity index (χ1v) is 5.93. The predicted molar refractivity (Wildman–Crippen MR) is 71.8 cm³/mol. The van der Waals surface area contributed by atoms with E-state index in [2.05, 4.69) is 28.8 Å². The maximum atomic E-state index is 11.7. The van der Waals surface area contributed by atoms with Gasteiger partial charge in [-0.1, -0.05) is 26.0 Å². The summed E-state index contributed by atoms with van der Waals surface area (Å²) >= 11 is 0. The van der Waals surface area contributed by atoms with Crippen LogP contribution in [0, 0.1) is 0 Å². The lowest BCUT2D eigenvalue weighted by atomic mass is 10.0. The van der Waals surface area contributed by atoms with Crippen molar-refractivity contribution in [3.63, 3.8) is 0 Å². The molecule has 0 aliphatic carbocycles. The Labute approximate surface area is 104 Å². The Balaban J connectivity index is 2.55. The van der Waals surface area contributed by atoms with Crippen LogP contribution in [-0.2, 0) is 0 Å². The molecule has 3 rings (SSSR count). The summed E-state index contributed by atoms with van der Waals surface area (Å²) in [7, 11) is 0. The van der Waals surface area contributed by atoms with E-state index >= 15 is 0 Å². The highest BCUT2D eigenvalue weighted by atomic mass is 16.1. The Morgan fingerprint density at radius 3 is 2.78 bits per heavy atom. The number of rotatable bonds is 1. The van der Waals surface area contributed by atoms with E-state index in [1.54, 1.807) is 12.4 Å². The van der Waals surface area contributed by atoms with Crippen molar-refractivity contribution in [1.82, 2.24) is 15.0 Å². The lowest BCUT2D eigenvalue weighted by Gasteiger charge is -2.10. The maximum Gasteiger partial charge on any atom is 0.345 e. The average Bonchev–Trinajstić information content (AvgIpc) is 2.37. The molecular formula is C14H13N3O. The molecule has 0 unspecified atom stereocenters. The molecule has 3 aromatic rings. The Hall–Kier alpha value is -2.23. The number of pyridine rings is 1. The minimum absolute atomic E-state index is 0.252. The third-order valence-electron chi connectivity index (χ3n) is 3.11. The van der Waals surface area contributed by atoms with Gasteiger partial charge >= 0.3 is 5.69 Å². The van der Waals surface area contributed by atoms with Crippen LogP contribution in [0.5, 0.6) is 0 Å². The van der Waals surface area contributed by atoms with E-state index in [1.165, 1.54) is 0 Å². The molecule has 0 atom stereocenters. The van der Waals surface area contributed by atoms with Crippen molar-refractivity contribution in [2.24, 2.45) is 0 Å². The molecule has 0 spiro atoms. The molecule has 0 aliphatic heterocycles. The summed E-state index contributed by atoms with van der Waals surface area (Å²) in [5.74, 6) is 0.252. The standard InChI is InChI=1S/C14H13N3O/c1-8(2)12-11-4-3-9-7-15-6-5-10(9)13(11)17-14(18)16-12/h3-8H,1-2H3,(H,16,17,18). The zero-order chi connectivity index (χ0) is 12.7. The van der Waals surface area contributed by atoms with Gasteiger partial charge in [-0.3, -0.25) is 4.98 Å². The summed E-state index contributed by atoms with van der Waals surface area (Å²) in [6.07, 6.45) is 3.51. The van der Waals surface area contributed by atoms with Crippen LogP contribution in [0.3, 0.4) is 0 Å². The summed E-state index contributed by atoms with van der Waals surface area (Å²) in [6, 6.07) is 5.91. The molecule has 2 aromatic heterocycles. The van der Waals surface area contributed by atoms with Crippen LogP contribution in [0.2, 0.25) is 0 Å². The van der Waals surface area contributed by atoms with Crippen LogP contribution >= 0.6 is 0 Å². The number of H-pyrrole nitrogens is 1. The van der Waals surface area contributed by atoms with E-state index in [1.807, 2.05) is 18.2 Å². The van der Waals surface area contributed by atoms with Gasteiger partial charge in [-0.05, 0) is 12.0 Å². The Morgan fingerprint density at radius 2 is 2.00 bits per heavy atom. The highest BCUT2D eigenvalue weighted by Crippen LogP contribution is 2.26. The molecule has 1 N–H and O–H groups in total. The SMILES string of the molecule is CC(C)c1[nH]c(=O)nc2c1ccc1cnccc12. The topological polar surface area (TPSA) is 58.6 Å². The van der Waals surface area contributed by atoms with Crippen LogP contribution in [0.15, 0.2) is 35.4 Å². The first kappa shape index (κ1) is 10.9. The molecule has 4 heteroatoms. The normalized spacial score (nSPS) is 11.5. The minimum atomic E-state index is -0.296. The van der Waals surface area contributed by atoms with Gasteiger partial charge in [-0.15, -0.1) is 0 Å². The molecule has 1 aromatic carbocycles. The second kappa shape index (κ2) is 3.91. The molecule has 2 heterocycles. The Bertz CT molecular complexity index is 790. The second-order valence-electron chi connectivity index (χ2n) is 4.67. The molecule has 18 heavy (non-hydrogen) atoms. The second-order valence-corrected chi connectivity index (χ2v) is 4.67. The van der Waals surface area contributed by atoms with Gasteiger partial charge in [-0.2, -0.15) is 4.98 Å². The van der Waals surface area contributed by atoms with Crippen LogP contribution in [-0.4, -0.2) is 15.0 Å². The summed E-state index contributed by atoms with van der Waals surface area (Å²) in [6.45, 7) is 4.11. The van der Waals surface area contributed by atoms with E-state index in [0.717, 1.165) is 27.4 Å². The number of aromatic amines is 1. The van der Waals surface area contributed by atoms with Crippen molar-refractivity contribution in [3.05, 3.63) is 46.8 Å². The molecule has 0 saturated heterocycles. The first-order valence-electron chi connectivity index (χ1n) is 5.93. The summed E-state index contributed by atoms with van der Waals surface area (Å²) in [4.78, 5) is 22.7. The summed E-state index contributed by atoms with van der Waals surface area (Å²) in [5.41, 5.74) is 1.39. The minimum Gasteiger partial charge on any atom is -0.309 e. The van der Waals surface area contributed by atoms with E-state index in [0.29, 0.717) is 0 Å². The fourth-order valence-electron chi connectivity index (χ4n) is 2.26. The van der Waals surface area contributed by atoms with Gasteiger partial charge in [0.2, 0.25) is 0 Å². The molecule has 0 amide bonds. The average molecular weight is 239 g/mol. The monoisotopic (exact) mass is 239 g/mol. The van der Waals surface area contributed by atoms with E-state index < -0.39 is 0 Å². The largest absolute Gasteiger partial charge is 0.345 e. The molecule has 0 saturated carbocycles. The lowest BCUT2D eigenvalue weighted by Crippen LogP contribution is -2.14. The fraction of sp³-hybridized carbons (Fsp3) is 0.214. The predicted octanol–water partition coefficient (Wildman–Crippen LogP) is 2.59. The molecule has 0 bridgehead atoms. The smallest absolute Gasteiger partial charge is 0.309 e. The number of hydrogen-bond acceptors (Lipinski definition) is 3. The molecule has 0 aliphatic rings. The van der Waals surface area contributed by atoms with Gasteiger partial charge in [0.1, 0.15) is 0 Å². The third kappa shape index (κ3) is 1.57. The number of aromatic nitrogens is 3. The van der Waals surface area contributed by atoms with E-state index in [-0.39, 0.29) is 11.6 Å². The van der Waals surface area contributed by atoms with Gasteiger partial charge in [0.15, 0.2) is 0 Å². The van der Waals surface area contributed by atoms with Gasteiger partial charge in [0.25, 0.3) is 0 Å². The molecule has 4 nitrogen and oxygen atoms in total. The maximum absolute atomic E-state index is 11.7. The van der Waals surface area contributed by atoms with Gasteiger partial charge < -0.3 is 4.98 Å². The Kier molecular flexibility index (Phi) is 2.37. The number of hydrogen-bond donors (Lipinski definition) is 1. The zero-order valence-electron chi connectivity index (χ0n) is 10.3. The van der Waals surface area contributed by atoms with Crippen molar-refractivity contribution in [3.8, 4) is 0 Å². The van der Waals surface area contributed by atoms with Crippen LogP contribution in [0.25, 0.3) is 21.7 Å². The Morgan fingerprint density at radius 1 is 1.17 bits per heavy atom. The van der Waals surface area contributed by atoms with Gasteiger partial charge in [0.05, 0.1) is 5.52 Å². The van der Waals surface area contributed by atoms with Crippen LogP contribution < -0.4 is 5.69 Å². The van der Waals surface area contributed by atoms with Crippen molar-refractivity contribution in [2.45, 2.75) is 19.8 Å². The number of nitrogens with one attached hydrogen (secondary N) is 1.